The molecule has 0 saturated heterocycles. The second-order valence-electron chi connectivity index (χ2n) is 12.8. The Bertz CT molecular complexity index is 1570. The van der Waals surface area contributed by atoms with Crippen LogP contribution in [0.25, 0.3) is 0 Å². The van der Waals surface area contributed by atoms with Gasteiger partial charge in [0.25, 0.3) is 0 Å². The van der Waals surface area contributed by atoms with Crippen LogP contribution in [0.2, 0.25) is 18.1 Å². The molecule has 6 nitrogen and oxygen atoms in total. The summed E-state index contributed by atoms with van der Waals surface area (Å²) in [5.41, 5.74) is -3.98. The Kier molecular flexibility index (Phi) is 9.90. The van der Waals surface area contributed by atoms with E-state index >= 15 is 8.78 Å². The third-order valence-electron chi connectivity index (χ3n) is 7.60. The van der Waals surface area contributed by atoms with E-state index in [0.29, 0.717) is 17.7 Å². The molecule has 13 heteroatoms. The molecule has 236 valence electrons. The van der Waals surface area contributed by atoms with E-state index in [4.69, 9.17) is 4.43 Å². The Labute approximate surface area is 254 Å². The van der Waals surface area contributed by atoms with E-state index in [9.17, 15) is 21.4 Å². The van der Waals surface area contributed by atoms with Crippen molar-refractivity contribution in [3.05, 3.63) is 95.3 Å². The smallest absolute Gasteiger partial charge is 0.378 e. The number of nitrogens with zero attached hydrogens (tertiary/aromatic N) is 1. The van der Waals surface area contributed by atoms with Gasteiger partial charge in [0.05, 0.1) is 32.9 Å². The molecule has 0 amide bonds. The molecule has 0 aliphatic heterocycles. The van der Waals surface area contributed by atoms with E-state index in [-0.39, 0.29) is 11.6 Å². The fourth-order valence-electron chi connectivity index (χ4n) is 3.82. The van der Waals surface area contributed by atoms with Crippen molar-refractivity contribution in [3.8, 4) is 0 Å². The number of aromatic nitrogens is 1. The van der Waals surface area contributed by atoms with Gasteiger partial charge in [-0.25, -0.2) is 26.1 Å². The van der Waals surface area contributed by atoms with Crippen molar-refractivity contribution in [2.75, 3.05) is 0 Å². The van der Waals surface area contributed by atoms with Crippen molar-refractivity contribution in [3.63, 3.8) is 0 Å². The highest BCUT2D eigenvalue weighted by molar-refractivity contribution is 7.92. The van der Waals surface area contributed by atoms with E-state index < -0.39 is 72.5 Å². The number of nitrogens with one attached hydrogen (secondary N) is 1. The van der Waals surface area contributed by atoms with Crippen LogP contribution in [0.5, 0.6) is 0 Å². The topological polar surface area (TPSA) is 85.4 Å². The molecule has 2 aromatic carbocycles. The van der Waals surface area contributed by atoms with Gasteiger partial charge < -0.3 is 4.43 Å². The maximum atomic E-state index is 17.0. The highest BCUT2D eigenvalue weighted by atomic mass is 32.2. The molecule has 1 aromatic heterocycles. The van der Waals surface area contributed by atoms with E-state index in [2.05, 4.69) is 30.5 Å². The highest BCUT2D eigenvalue weighted by Crippen LogP contribution is 2.49. The summed E-state index contributed by atoms with van der Waals surface area (Å²) in [6, 6.07) is 10.5. The molecular formula is C30H38F4N2O4S2Si. The minimum Gasteiger partial charge on any atom is -0.413 e. The maximum Gasteiger partial charge on any atom is 0.378 e. The summed E-state index contributed by atoms with van der Waals surface area (Å²) in [5, 5.41) is -4.93. The van der Waals surface area contributed by atoms with Crippen molar-refractivity contribution in [1.29, 1.82) is 0 Å². The van der Waals surface area contributed by atoms with Crippen molar-refractivity contribution in [2.24, 2.45) is 0 Å². The lowest BCUT2D eigenvalue weighted by atomic mass is 9.86. The number of hydrogen-bond donors (Lipinski definition) is 1. The van der Waals surface area contributed by atoms with Gasteiger partial charge in [0.2, 0.25) is 9.84 Å². The zero-order chi connectivity index (χ0) is 32.6. The molecule has 2 atom stereocenters. The van der Waals surface area contributed by atoms with Crippen LogP contribution in [-0.2, 0) is 37.4 Å². The van der Waals surface area contributed by atoms with E-state index in [1.54, 1.807) is 0 Å². The molecule has 0 fully saturated rings. The molecule has 1 heterocycles. The first-order valence-corrected chi connectivity index (χ1v) is 19.0. The quantitative estimate of drug-likeness (QED) is 0.183. The van der Waals surface area contributed by atoms with Crippen LogP contribution in [-0.4, -0.2) is 35.9 Å². The average molecular weight is 659 g/mol. The molecule has 0 aliphatic carbocycles. The monoisotopic (exact) mass is 658 g/mol. The third kappa shape index (κ3) is 6.80. The SMILES string of the molecule is CC(C)(C)[S@@](=O)NC(c1ccc(F)c(F)c1)(c1ccc(CO[Si](C)(C)C(C)(C)C)cn1)C(F)(F)S(=O)(=O)c1ccccc1. The summed E-state index contributed by atoms with van der Waals surface area (Å²) >= 11 is 0. The Morgan fingerprint density at radius 3 is 2.00 bits per heavy atom. The molecule has 0 aliphatic rings. The zero-order valence-electron chi connectivity index (χ0n) is 25.5. The molecule has 0 radical (unpaired) electrons. The molecule has 0 saturated carbocycles. The van der Waals surface area contributed by atoms with Crippen LogP contribution in [0.3, 0.4) is 0 Å². The summed E-state index contributed by atoms with van der Waals surface area (Å²) in [6.07, 6.45) is 1.25. The summed E-state index contributed by atoms with van der Waals surface area (Å²) < 4.78 is 111. The fourth-order valence-corrected chi connectivity index (χ4v) is 7.27. The largest absolute Gasteiger partial charge is 0.413 e. The van der Waals surface area contributed by atoms with Crippen LogP contribution in [0.4, 0.5) is 17.6 Å². The molecule has 3 rings (SSSR count). The zero-order valence-corrected chi connectivity index (χ0v) is 28.1. The second-order valence-corrected chi connectivity index (χ2v) is 21.6. The Balaban J connectivity index is 2.34. The van der Waals surface area contributed by atoms with Gasteiger partial charge in [-0.3, -0.25) is 4.98 Å². The predicted molar refractivity (Wildman–Crippen MR) is 163 cm³/mol. The Morgan fingerprint density at radius 2 is 1.51 bits per heavy atom. The lowest BCUT2D eigenvalue weighted by Crippen LogP contribution is -2.62. The number of rotatable bonds is 10. The van der Waals surface area contributed by atoms with Gasteiger partial charge in [-0.15, -0.1) is 0 Å². The lowest BCUT2D eigenvalue weighted by molar-refractivity contribution is 0.0129. The molecule has 1 N–H and O–H groups in total. The summed E-state index contributed by atoms with van der Waals surface area (Å²) in [7, 11) is -10.1. The van der Waals surface area contributed by atoms with Crippen molar-refractivity contribution < 1.29 is 34.6 Å². The number of halogens is 4. The van der Waals surface area contributed by atoms with Crippen LogP contribution in [0.15, 0.2) is 71.8 Å². The number of benzene rings is 2. The van der Waals surface area contributed by atoms with Crippen LogP contribution < -0.4 is 4.72 Å². The van der Waals surface area contributed by atoms with Crippen molar-refractivity contribution in [2.45, 2.75) is 86.7 Å². The highest BCUT2D eigenvalue weighted by Gasteiger charge is 2.67. The molecule has 1 unspecified atom stereocenters. The van der Waals surface area contributed by atoms with E-state index in [1.807, 2.05) is 13.1 Å². The molecule has 43 heavy (non-hydrogen) atoms. The summed E-state index contributed by atoms with van der Waals surface area (Å²) in [6.45, 7) is 14.9. The van der Waals surface area contributed by atoms with Crippen LogP contribution in [0.1, 0.15) is 58.4 Å². The first-order chi connectivity index (χ1) is 19.6. The van der Waals surface area contributed by atoms with E-state index in [1.165, 1.54) is 51.2 Å². The number of sulfone groups is 1. The fraction of sp³-hybridized carbons (Fsp3) is 0.433. The third-order valence-corrected chi connectivity index (χ3v) is 15.6. The molecular weight excluding hydrogens is 621 g/mol. The van der Waals surface area contributed by atoms with Gasteiger partial charge in [0, 0.05) is 6.20 Å². The number of hydrogen-bond acceptors (Lipinski definition) is 5. The average Bonchev–Trinajstić information content (AvgIpc) is 2.91. The van der Waals surface area contributed by atoms with Gasteiger partial charge in [-0.1, -0.05) is 51.1 Å². The first kappa shape index (κ1) is 35.0. The van der Waals surface area contributed by atoms with Gasteiger partial charge in [0.1, 0.15) is 0 Å². The van der Waals surface area contributed by atoms with Crippen molar-refractivity contribution in [1.82, 2.24) is 9.71 Å². The maximum absolute atomic E-state index is 17.0. The molecule has 0 spiro atoms. The summed E-state index contributed by atoms with van der Waals surface area (Å²) in [4.78, 5) is 3.50. The normalized spacial score (nSPS) is 15.6. The van der Waals surface area contributed by atoms with Crippen LogP contribution in [0, 0.1) is 11.6 Å². The minimum absolute atomic E-state index is 0.100. The molecule has 3 aromatic rings. The van der Waals surface area contributed by atoms with Gasteiger partial charge in [0.15, 0.2) is 25.5 Å². The minimum atomic E-state index is -5.57. The van der Waals surface area contributed by atoms with Gasteiger partial charge in [-0.05, 0) is 80.4 Å². The van der Waals surface area contributed by atoms with E-state index in [0.717, 1.165) is 24.3 Å². The second kappa shape index (κ2) is 12.1. The lowest BCUT2D eigenvalue weighted by Gasteiger charge is -2.41. The van der Waals surface area contributed by atoms with Gasteiger partial charge >= 0.3 is 5.25 Å². The number of alkyl halides is 2. The Hall–Kier alpha value is -2.45. The Morgan fingerprint density at radius 1 is 0.907 bits per heavy atom. The van der Waals surface area contributed by atoms with Crippen molar-refractivity contribution >= 4 is 29.1 Å². The van der Waals surface area contributed by atoms with Gasteiger partial charge in [-0.2, -0.15) is 8.78 Å². The standard InChI is InChI=1S/C30H38F4N2O4S2Si/c1-27(2,3)41(37)36-29(22-15-16-24(31)25(32)18-22,30(33,34)42(38,39)23-12-10-9-11-13-23)26-17-14-21(19-35-26)20-40-43(7,8)28(4,5)6/h9-19,36H,20H2,1-8H3/t29?,41-/m1/s1. The number of pyridine rings is 1. The molecule has 0 bridgehead atoms. The van der Waals surface area contributed by atoms with Crippen LogP contribution >= 0.6 is 0 Å². The summed E-state index contributed by atoms with van der Waals surface area (Å²) in [5.74, 6) is -2.84. The predicted octanol–water partition coefficient (Wildman–Crippen LogP) is 7.24. The first-order valence-electron chi connectivity index (χ1n) is 13.5.